The van der Waals surface area contributed by atoms with E-state index in [-0.39, 0.29) is 36.6 Å². The number of aromatic hydroxyl groups is 1. The molecule has 194 valence electrons. The van der Waals surface area contributed by atoms with E-state index in [0.717, 1.165) is 11.1 Å². The normalized spacial score (nSPS) is 18.0. The standard InChI is InChI=1S/C27H29N3O6S/c1-36-29-22-15-23(16-27(33)28-17-26(32)21-7-11-24(31)12-8-21)30(18-22)37(34,35)25-13-9-20(10-14-25)19-5-3-2-4-6-19/h2-14,23,26,31-32H,15-18H2,1H3,(H,28,33)/t23-,26?/m0/s1. The number of phenols is 1. The number of hydrogen-bond acceptors (Lipinski definition) is 7. The predicted molar refractivity (Wildman–Crippen MR) is 139 cm³/mol. The van der Waals surface area contributed by atoms with Gasteiger partial charge in [0.05, 0.1) is 23.3 Å². The van der Waals surface area contributed by atoms with Gasteiger partial charge in [0.15, 0.2) is 0 Å². The number of oxime groups is 1. The van der Waals surface area contributed by atoms with Crippen molar-refractivity contribution in [1.29, 1.82) is 0 Å². The first-order chi connectivity index (χ1) is 17.8. The van der Waals surface area contributed by atoms with Gasteiger partial charge in [0, 0.05) is 25.4 Å². The summed E-state index contributed by atoms with van der Waals surface area (Å²) in [5.74, 6) is -0.327. The van der Waals surface area contributed by atoms with Crippen molar-refractivity contribution in [2.45, 2.75) is 29.9 Å². The number of aliphatic hydroxyl groups is 1. The number of sulfonamides is 1. The Kier molecular flexibility index (Phi) is 8.22. The summed E-state index contributed by atoms with van der Waals surface area (Å²) in [5.41, 5.74) is 2.93. The number of aliphatic hydroxyl groups excluding tert-OH is 1. The lowest BCUT2D eigenvalue weighted by molar-refractivity contribution is -0.122. The van der Waals surface area contributed by atoms with Crippen LogP contribution < -0.4 is 5.32 Å². The molecule has 1 amide bonds. The van der Waals surface area contributed by atoms with Gasteiger partial charge in [-0.05, 0) is 41.0 Å². The lowest BCUT2D eigenvalue weighted by Crippen LogP contribution is -2.39. The molecule has 0 bridgehead atoms. The van der Waals surface area contributed by atoms with Crippen LogP contribution >= 0.6 is 0 Å². The maximum Gasteiger partial charge on any atom is 0.243 e. The minimum atomic E-state index is -3.92. The molecular weight excluding hydrogens is 494 g/mol. The maximum atomic E-state index is 13.5. The van der Waals surface area contributed by atoms with Gasteiger partial charge < -0.3 is 20.4 Å². The Labute approximate surface area is 216 Å². The summed E-state index contributed by atoms with van der Waals surface area (Å²) in [6.45, 7) is -0.0340. The van der Waals surface area contributed by atoms with Crippen LogP contribution in [0.15, 0.2) is 88.9 Å². The van der Waals surface area contributed by atoms with Crippen LogP contribution in [0.3, 0.4) is 0 Å². The van der Waals surface area contributed by atoms with Gasteiger partial charge in [0.1, 0.15) is 12.9 Å². The van der Waals surface area contributed by atoms with E-state index in [0.29, 0.717) is 11.3 Å². The average Bonchev–Trinajstić information content (AvgIpc) is 3.31. The Morgan fingerprint density at radius 2 is 1.70 bits per heavy atom. The molecule has 1 saturated heterocycles. The van der Waals surface area contributed by atoms with Gasteiger partial charge in [-0.25, -0.2) is 8.42 Å². The molecule has 10 heteroatoms. The number of nitrogens with one attached hydrogen (secondary N) is 1. The molecule has 0 saturated carbocycles. The highest BCUT2D eigenvalue weighted by atomic mass is 32.2. The molecule has 3 N–H and O–H groups in total. The Morgan fingerprint density at radius 3 is 2.35 bits per heavy atom. The van der Waals surface area contributed by atoms with Crippen LogP contribution in [-0.4, -0.2) is 60.8 Å². The van der Waals surface area contributed by atoms with Crippen molar-refractivity contribution in [3.05, 3.63) is 84.4 Å². The second kappa shape index (κ2) is 11.5. The topological polar surface area (TPSA) is 129 Å². The quantitative estimate of drug-likeness (QED) is 0.370. The van der Waals surface area contributed by atoms with Crippen LogP contribution in [0.5, 0.6) is 5.75 Å². The largest absolute Gasteiger partial charge is 0.508 e. The molecule has 9 nitrogen and oxygen atoms in total. The third kappa shape index (κ3) is 6.34. The monoisotopic (exact) mass is 523 g/mol. The molecule has 1 fully saturated rings. The second-order valence-electron chi connectivity index (χ2n) is 8.75. The van der Waals surface area contributed by atoms with Gasteiger partial charge in [-0.2, -0.15) is 4.31 Å². The molecule has 1 aliphatic heterocycles. The predicted octanol–water partition coefficient (Wildman–Crippen LogP) is 3.06. The second-order valence-corrected chi connectivity index (χ2v) is 10.6. The van der Waals surface area contributed by atoms with E-state index in [2.05, 4.69) is 10.5 Å². The zero-order valence-corrected chi connectivity index (χ0v) is 21.1. The molecule has 0 spiro atoms. The van der Waals surface area contributed by atoms with Crippen molar-refractivity contribution >= 4 is 21.6 Å². The van der Waals surface area contributed by atoms with Gasteiger partial charge in [-0.15, -0.1) is 0 Å². The van der Waals surface area contributed by atoms with E-state index in [1.807, 2.05) is 30.3 Å². The molecule has 3 aromatic rings. The SMILES string of the molecule is CON=C1C[C@@H](CC(=O)NCC(O)c2ccc(O)cc2)N(S(=O)(=O)c2ccc(-c3ccccc3)cc2)C1. The molecule has 1 aliphatic rings. The molecule has 0 aromatic heterocycles. The van der Waals surface area contributed by atoms with Crippen molar-refractivity contribution in [2.24, 2.45) is 5.16 Å². The van der Waals surface area contributed by atoms with Crippen LogP contribution in [0, 0.1) is 0 Å². The van der Waals surface area contributed by atoms with Gasteiger partial charge in [0.25, 0.3) is 0 Å². The van der Waals surface area contributed by atoms with E-state index < -0.39 is 28.1 Å². The van der Waals surface area contributed by atoms with Crippen molar-refractivity contribution in [3.63, 3.8) is 0 Å². The summed E-state index contributed by atoms with van der Waals surface area (Å²) < 4.78 is 28.4. The molecule has 1 heterocycles. The van der Waals surface area contributed by atoms with Crippen molar-refractivity contribution < 1.29 is 28.3 Å². The molecule has 1 unspecified atom stereocenters. The molecule has 3 aromatic carbocycles. The minimum absolute atomic E-state index is 0.0185. The lowest BCUT2D eigenvalue weighted by atomic mass is 10.1. The Hall–Kier alpha value is -3.73. The Morgan fingerprint density at radius 1 is 1.05 bits per heavy atom. The fraction of sp³-hybridized carbons (Fsp3) is 0.259. The fourth-order valence-electron chi connectivity index (χ4n) is 4.29. The lowest BCUT2D eigenvalue weighted by Gasteiger charge is -2.23. The average molecular weight is 524 g/mol. The molecular formula is C27H29N3O6S. The number of rotatable bonds is 9. The fourth-order valence-corrected chi connectivity index (χ4v) is 5.91. The third-order valence-corrected chi connectivity index (χ3v) is 8.11. The number of carbonyl (C=O) groups is 1. The van der Waals surface area contributed by atoms with E-state index >= 15 is 0 Å². The molecule has 0 aliphatic carbocycles. The molecule has 37 heavy (non-hydrogen) atoms. The van der Waals surface area contributed by atoms with Crippen LogP contribution in [0.25, 0.3) is 11.1 Å². The number of carbonyl (C=O) groups excluding carboxylic acids is 1. The summed E-state index contributed by atoms with van der Waals surface area (Å²) in [6, 6.07) is 21.7. The summed E-state index contributed by atoms with van der Waals surface area (Å²) in [7, 11) is -2.53. The highest BCUT2D eigenvalue weighted by Gasteiger charge is 2.40. The number of nitrogens with zero attached hydrogens (tertiary/aromatic N) is 2. The summed E-state index contributed by atoms with van der Waals surface area (Å²) in [4.78, 5) is 17.7. The molecule has 4 rings (SSSR count). The number of phenolic OH excluding ortho intramolecular Hbond substituents is 1. The van der Waals surface area contributed by atoms with E-state index in [4.69, 9.17) is 4.84 Å². The first-order valence-corrected chi connectivity index (χ1v) is 13.2. The van der Waals surface area contributed by atoms with Gasteiger partial charge in [0.2, 0.25) is 15.9 Å². The van der Waals surface area contributed by atoms with Crippen molar-refractivity contribution in [2.75, 3.05) is 20.2 Å². The summed E-state index contributed by atoms with van der Waals surface area (Å²) in [5, 5.41) is 26.3. The molecule has 0 radical (unpaired) electrons. The zero-order valence-electron chi connectivity index (χ0n) is 20.3. The van der Waals surface area contributed by atoms with E-state index in [1.165, 1.54) is 23.5 Å². The van der Waals surface area contributed by atoms with Gasteiger partial charge >= 0.3 is 0 Å². The first-order valence-electron chi connectivity index (χ1n) is 11.8. The van der Waals surface area contributed by atoms with E-state index in [9.17, 15) is 23.4 Å². The highest BCUT2D eigenvalue weighted by molar-refractivity contribution is 7.89. The number of hydrogen-bond donors (Lipinski definition) is 3. The number of benzene rings is 3. The van der Waals surface area contributed by atoms with Crippen molar-refractivity contribution in [1.82, 2.24) is 9.62 Å². The van der Waals surface area contributed by atoms with Crippen LogP contribution in [0.1, 0.15) is 24.5 Å². The maximum absolute atomic E-state index is 13.5. The van der Waals surface area contributed by atoms with Gasteiger partial charge in [-0.1, -0.05) is 59.8 Å². The van der Waals surface area contributed by atoms with Crippen molar-refractivity contribution in [3.8, 4) is 16.9 Å². The first kappa shape index (κ1) is 26.3. The van der Waals surface area contributed by atoms with Crippen LogP contribution in [0.2, 0.25) is 0 Å². The Balaban J connectivity index is 1.46. The zero-order chi connectivity index (χ0) is 26.4. The highest BCUT2D eigenvalue weighted by Crippen LogP contribution is 2.29. The number of amides is 1. The summed E-state index contributed by atoms with van der Waals surface area (Å²) >= 11 is 0. The van der Waals surface area contributed by atoms with Crippen LogP contribution in [0.4, 0.5) is 0 Å². The van der Waals surface area contributed by atoms with Crippen LogP contribution in [-0.2, 0) is 19.7 Å². The minimum Gasteiger partial charge on any atom is -0.508 e. The smallest absolute Gasteiger partial charge is 0.243 e. The van der Waals surface area contributed by atoms with E-state index in [1.54, 1.807) is 36.4 Å². The molecule has 2 atom stereocenters. The third-order valence-electron chi connectivity index (χ3n) is 6.20. The van der Waals surface area contributed by atoms with Gasteiger partial charge in [-0.3, -0.25) is 4.79 Å². The summed E-state index contributed by atoms with van der Waals surface area (Å²) in [6.07, 6.45) is -0.822. The Bertz CT molecular complexity index is 1340.